The fourth-order valence-corrected chi connectivity index (χ4v) is 3.53. The van der Waals surface area contributed by atoms with Gasteiger partial charge in [0.1, 0.15) is 11.6 Å². The number of hydrogen-bond donors (Lipinski definition) is 0. The minimum atomic E-state index is -0.333. The average molecular weight is 336 g/mol. The molecule has 0 bridgehead atoms. The maximum Gasteiger partial charge on any atom is 0.235 e. The number of nitrogens with zero attached hydrogens (tertiary/aromatic N) is 4. The summed E-state index contributed by atoms with van der Waals surface area (Å²) in [6, 6.07) is 17.6. The third-order valence-corrected chi connectivity index (χ3v) is 4.78. The van der Waals surface area contributed by atoms with E-state index in [1.807, 2.05) is 54.6 Å². The largest absolute Gasteiger partial charge is 0.485 e. The number of rotatable bonds is 2. The summed E-state index contributed by atoms with van der Waals surface area (Å²) in [5, 5.41) is 14.0. The van der Waals surface area contributed by atoms with Gasteiger partial charge in [0.05, 0.1) is 0 Å². The Kier molecular flexibility index (Phi) is 2.99. The summed E-state index contributed by atoms with van der Waals surface area (Å²) in [6.07, 6.45) is -0.333. The molecule has 0 N–H and O–H groups in total. The van der Waals surface area contributed by atoms with E-state index in [0.717, 1.165) is 21.3 Å². The van der Waals surface area contributed by atoms with Crippen LogP contribution in [0.2, 0.25) is 0 Å². The summed E-state index contributed by atoms with van der Waals surface area (Å²) in [7, 11) is 0. The Hall–Kier alpha value is -2.93. The Morgan fingerprint density at radius 1 is 0.958 bits per heavy atom. The Morgan fingerprint density at radius 2 is 1.75 bits per heavy atom. The van der Waals surface area contributed by atoms with Crippen molar-refractivity contribution in [2.24, 2.45) is 0 Å². The number of hydrogen-bond acceptors (Lipinski definition) is 6. The standard InChI is InChI=1S/C17H12N4O2S/c1-2-6-11(7-3-1)16-20-21-15(18-19-17(21)24-16)14-10-22-12-8-4-5-9-13(12)23-14/h1-9,14H,10H2/t14-/m0/s1. The van der Waals surface area contributed by atoms with E-state index in [1.165, 1.54) is 11.3 Å². The van der Waals surface area contributed by atoms with Gasteiger partial charge in [-0.3, -0.25) is 0 Å². The molecule has 1 atom stereocenters. The van der Waals surface area contributed by atoms with Crippen molar-refractivity contribution in [2.75, 3.05) is 6.61 Å². The maximum atomic E-state index is 6.02. The molecule has 1 aliphatic heterocycles. The first-order chi connectivity index (χ1) is 11.9. The molecule has 24 heavy (non-hydrogen) atoms. The van der Waals surface area contributed by atoms with Gasteiger partial charge < -0.3 is 9.47 Å². The van der Waals surface area contributed by atoms with Gasteiger partial charge in [-0.15, -0.1) is 10.2 Å². The normalized spacial score (nSPS) is 16.4. The molecule has 0 spiro atoms. The molecule has 0 saturated carbocycles. The molecule has 6 nitrogen and oxygen atoms in total. The van der Waals surface area contributed by atoms with Gasteiger partial charge in [0.2, 0.25) is 4.96 Å². The molecule has 7 heteroatoms. The number of aromatic nitrogens is 4. The van der Waals surface area contributed by atoms with E-state index in [9.17, 15) is 0 Å². The second-order valence-electron chi connectivity index (χ2n) is 5.39. The molecule has 0 unspecified atom stereocenters. The van der Waals surface area contributed by atoms with Crippen LogP contribution in [0.25, 0.3) is 15.5 Å². The molecule has 4 aromatic rings. The van der Waals surface area contributed by atoms with Crippen LogP contribution in [0, 0.1) is 0 Å². The van der Waals surface area contributed by atoms with Crippen LogP contribution in [0.5, 0.6) is 11.5 Å². The SMILES string of the molecule is c1ccc(-c2nn3c([C@@H]4COc5ccccc5O4)nnc3s2)cc1. The lowest BCUT2D eigenvalue weighted by Gasteiger charge is -2.24. The second-order valence-corrected chi connectivity index (χ2v) is 6.35. The molecule has 5 rings (SSSR count). The lowest BCUT2D eigenvalue weighted by molar-refractivity contribution is 0.0836. The first-order valence-corrected chi connectivity index (χ1v) is 8.36. The van der Waals surface area contributed by atoms with Crippen LogP contribution in [-0.2, 0) is 0 Å². The minimum Gasteiger partial charge on any atom is -0.485 e. The number of ether oxygens (including phenoxy) is 2. The zero-order chi connectivity index (χ0) is 15.9. The monoisotopic (exact) mass is 336 g/mol. The van der Waals surface area contributed by atoms with Gasteiger partial charge in [-0.05, 0) is 12.1 Å². The van der Waals surface area contributed by atoms with Gasteiger partial charge in [0.25, 0.3) is 0 Å². The summed E-state index contributed by atoms with van der Waals surface area (Å²) in [4.78, 5) is 0.742. The van der Waals surface area contributed by atoms with Crippen molar-refractivity contribution in [3.05, 3.63) is 60.4 Å². The topological polar surface area (TPSA) is 61.5 Å². The van der Waals surface area contributed by atoms with Crippen LogP contribution in [0.1, 0.15) is 11.9 Å². The highest BCUT2D eigenvalue weighted by Crippen LogP contribution is 2.36. The quantitative estimate of drug-likeness (QED) is 0.562. The molecule has 1 aliphatic rings. The highest BCUT2D eigenvalue weighted by molar-refractivity contribution is 7.19. The highest BCUT2D eigenvalue weighted by atomic mass is 32.1. The molecule has 0 aliphatic carbocycles. The van der Waals surface area contributed by atoms with E-state index in [4.69, 9.17) is 9.47 Å². The molecule has 2 aromatic heterocycles. The summed E-state index contributed by atoms with van der Waals surface area (Å²) in [5.41, 5.74) is 1.06. The van der Waals surface area contributed by atoms with Crippen LogP contribution in [0.3, 0.4) is 0 Å². The van der Waals surface area contributed by atoms with Gasteiger partial charge in [-0.2, -0.15) is 9.61 Å². The number of para-hydroxylation sites is 2. The van der Waals surface area contributed by atoms with E-state index in [0.29, 0.717) is 18.2 Å². The van der Waals surface area contributed by atoms with E-state index < -0.39 is 0 Å². The van der Waals surface area contributed by atoms with Gasteiger partial charge >= 0.3 is 0 Å². The summed E-state index contributed by atoms with van der Waals surface area (Å²) >= 11 is 1.50. The van der Waals surface area contributed by atoms with Crippen molar-refractivity contribution in [1.82, 2.24) is 19.8 Å². The van der Waals surface area contributed by atoms with E-state index in [-0.39, 0.29) is 6.10 Å². The number of benzene rings is 2. The van der Waals surface area contributed by atoms with Crippen molar-refractivity contribution >= 4 is 16.3 Å². The van der Waals surface area contributed by atoms with Gasteiger partial charge in [-0.25, -0.2) is 0 Å². The molecule has 2 aromatic carbocycles. The van der Waals surface area contributed by atoms with Crippen molar-refractivity contribution in [1.29, 1.82) is 0 Å². The summed E-state index contributed by atoms with van der Waals surface area (Å²) < 4.78 is 13.5. The molecule has 0 saturated heterocycles. The Morgan fingerprint density at radius 3 is 2.62 bits per heavy atom. The molecular formula is C17H12N4O2S. The maximum absolute atomic E-state index is 6.02. The average Bonchev–Trinajstić information content (AvgIpc) is 3.23. The molecular weight excluding hydrogens is 324 g/mol. The third-order valence-electron chi connectivity index (χ3n) is 3.83. The minimum absolute atomic E-state index is 0.333. The predicted octanol–water partition coefficient (Wildman–Crippen LogP) is 3.37. The van der Waals surface area contributed by atoms with Gasteiger partial charge in [0, 0.05) is 5.56 Å². The second kappa shape index (κ2) is 5.31. The van der Waals surface area contributed by atoms with Crippen molar-refractivity contribution in [3.63, 3.8) is 0 Å². The smallest absolute Gasteiger partial charge is 0.235 e. The third kappa shape index (κ3) is 2.13. The van der Waals surface area contributed by atoms with Crippen LogP contribution in [-0.4, -0.2) is 26.4 Å². The van der Waals surface area contributed by atoms with E-state index >= 15 is 0 Å². The molecule has 0 radical (unpaired) electrons. The fraction of sp³-hybridized carbons (Fsp3) is 0.118. The predicted molar refractivity (Wildman–Crippen MR) is 89.4 cm³/mol. The van der Waals surface area contributed by atoms with Crippen LogP contribution >= 0.6 is 11.3 Å². The van der Waals surface area contributed by atoms with E-state index in [2.05, 4.69) is 15.3 Å². The molecule has 3 heterocycles. The van der Waals surface area contributed by atoms with Crippen LogP contribution in [0.4, 0.5) is 0 Å². The zero-order valence-corrected chi connectivity index (χ0v) is 13.3. The Balaban J connectivity index is 1.53. The van der Waals surface area contributed by atoms with Gasteiger partial charge in [-0.1, -0.05) is 53.8 Å². The van der Waals surface area contributed by atoms with Crippen molar-refractivity contribution < 1.29 is 9.47 Å². The van der Waals surface area contributed by atoms with Crippen LogP contribution < -0.4 is 9.47 Å². The lowest BCUT2D eigenvalue weighted by Crippen LogP contribution is -2.23. The summed E-state index contributed by atoms with van der Waals surface area (Å²) in [6.45, 7) is 0.385. The Bertz CT molecular complexity index is 1010. The van der Waals surface area contributed by atoms with Gasteiger partial charge in [0.15, 0.2) is 23.4 Å². The fourth-order valence-electron chi connectivity index (χ4n) is 2.68. The molecule has 0 fully saturated rings. The first kappa shape index (κ1) is 13.5. The van der Waals surface area contributed by atoms with Crippen molar-refractivity contribution in [3.8, 4) is 22.1 Å². The van der Waals surface area contributed by atoms with E-state index in [1.54, 1.807) is 4.52 Å². The summed E-state index contributed by atoms with van der Waals surface area (Å²) in [5.74, 6) is 2.11. The van der Waals surface area contributed by atoms with Crippen molar-refractivity contribution in [2.45, 2.75) is 6.10 Å². The van der Waals surface area contributed by atoms with Crippen LogP contribution in [0.15, 0.2) is 54.6 Å². The molecule has 0 amide bonds. The molecule has 118 valence electrons. The number of fused-ring (bicyclic) bond motifs is 2. The zero-order valence-electron chi connectivity index (χ0n) is 12.5. The lowest BCUT2D eigenvalue weighted by atomic mass is 10.2. The Labute approximate surface area is 141 Å². The highest BCUT2D eigenvalue weighted by Gasteiger charge is 2.28. The first-order valence-electron chi connectivity index (χ1n) is 7.54.